The minimum atomic E-state index is -0.0761. The van der Waals surface area contributed by atoms with Crippen LogP contribution in [-0.2, 0) is 12.8 Å². The van der Waals surface area contributed by atoms with Gasteiger partial charge < -0.3 is 14.3 Å². The first-order valence-corrected chi connectivity index (χ1v) is 11.5. The zero-order valence-corrected chi connectivity index (χ0v) is 20.2. The van der Waals surface area contributed by atoms with E-state index in [1.54, 1.807) is 36.4 Å². The second-order valence-electron chi connectivity index (χ2n) is 7.92. The maximum Gasteiger partial charge on any atom is 0.228 e. The maximum atomic E-state index is 12.9. The Kier molecular flexibility index (Phi) is 8.73. The number of aliphatic hydroxyl groups excluding tert-OH is 1. The third-order valence-corrected chi connectivity index (χ3v) is 5.65. The van der Waals surface area contributed by atoms with Crippen LogP contribution in [0.25, 0.3) is 11.5 Å². The molecule has 0 unspecified atom stereocenters. The predicted molar refractivity (Wildman–Crippen MR) is 132 cm³/mol. The Morgan fingerprint density at radius 2 is 2.03 bits per heavy atom. The molecule has 2 aromatic carbocycles. The number of halogens is 2. The van der Waals surface area contributed by atoms with Gasteiger partial charge in [-0.15, -0.1) is 6.58 Å². The van der Waals surface area contributed by atoms with Gasteiger partial charge in [0.05, 0.1) is 22.9 Å². The van der Waals surface area contributed by atoms with E-state index in [1.165, 1.54) is 0 Å². The minimum absolute atomic E-state index is 0.00204. The standard InChI is InChI=1S/C26H27Cl2NO4/c1-4-5-18-14-17(6-11-24(18)32-13-12-30)23(31)10-9-22-25(16(2)3)33-26(29-22)20-8-7-19(27)15-21(20)28/h4,6-8,11,14-16,30H,1,5,9-10,12-13H2,2-3H3. The normalized spacial score (nSPS) is 11.1. The zero-order chi connectivity index (χ0) is 24.0. The molecule has 0 aliphatic heterocycles. The lowest BCUT2D eigenvalue weighted by Gasteiger charge is -2.11. The molecule has 1 N–H and O–H groups in total. The summed E-state index contributed by atoms with van der Waals surface area (Å²) in [7, 11) is 0. The average Bonchev–Trinajstić information content (AvgIpc) is 3.21. The highest BCUT2D eigenvalue weighted by Gasteiger charge is 2.20. The highest BCUT2D eigenvalue weighted by Crippen LogP contribution is 2.33. The van der Waals surface area contributed by atoms with Crippen molar-refractivity contribution in [3.05, 3.63) is 81.7 Å². The van der Waals surface area contributed by atoms with E-state index in [9.17, 15) is 4.79 Å². The summed E-state index contributed by atoms with van der Waals surface area (Å²) in [6, 6.07) is 10.5. The molecule has 0 aliphatic carbocycles. The summed E-state index contributed by atoms with van der Waals surface area (Å²) in [5, 5.41) is 10.0. The van der Waals surface area contributed by atoms with Crippen molar-refractivity contribution in [2.24, 2.45) is 0 Å². The highest BCUT2D eigenvalue weighted by atomic mass is 35.5. The number of Topliss-reactive ketones (excluding diaryl/α,β-unsaturated/α-hetero) is 1. The third-order valence-electron chi connectivity index (χ3n) is 5.10. The summed E-state index contributed by atoms with van der Waals surface area (Å²) < 4.78 is 11.6. The molecule has 3 rings (SSSR count). The molecular weight excluding hydrogens is 461 g/mol. The number of aromatic nitrogens is 1. The van der Waals surface area contributed by atoms with E-state index in [1.807, 2.05) is 19.9 Å². The van der Waals surface area contributed by atoms with Crippen molar-refractivity contribution in [3.63, 3.8) is 0 Å². The van der Waals surface area contributed by atoms with Gasteiger partial charge >= 0.3 is 0 Å². The number of ketones is 1. The fourth-order valence-electron chi connectivity index (χ4n) is 3.51. The fraction of sp³-hybridized carbons (Fsp3) is 0.308. The van der Waals surface area contributed by atoms with Crippen molar-refractivity contribution in [1.29, 1.82) is 0 Å². The van der Waals surface area contributed by atoms with E-state index in [0.29, 0.717) is 45.7 Å². The Morgan fingerprint density at radius 3 is 2.70 bits per heavy atom. The van der Waals surface area contributed by atoms with E-state index < -0.39 is 0 Å². The number of carbonyl (C=O) groups excluding carboxylic acids is 1. The molecule has 0 amide bonds. The molecule has 33 heavy (non-hydrogen) atoms. The van der Waals surface area contributed by atoms with Gasteiger partial charge in [0, 0.05) is 29.3 Å². The Labute approximate surface area is 204 Å². The van der Waals surface area contributed by atoms with Crippen molar-refractivity contribution < 1.29 is 19.1 Å². The molecule has 0 spiro atoms. The summed E-state index contributed by atoms with van der Waals surface area (Å²) >= 11 is 12.3. The van der Waals surface area contributed by atoms with Gasteiger partial charge in [-0.1, -0.05) is 43.1 Å². The van der Waals surface area contributed by atoms with Crippen molar-refractivity contribution >= 4 is 29.0 Å². The molecular formula is C26H27Cl2NO4. The number of rotatable bonds is 11. The van der Waals surface area contributed by atoms with Gasteiger partial charge in [0.25, 0.3) is 0 Å². The van der Waals surface area contributed by atoms with Crippen LogP contribution >= 0.6 is 23.2 Å². The summed E-state index contributed by atoms with van der Waals surface area (Å²) in [4.78, 5) is 17.6. The molecule has 0 radical (unpaired) electrons. The fourth-order valence-corrected chi connectivity index (χ4v) is 4.00. The molecule has 3 aromatic rings. The number of carbonyl (C=O) groups is 1. The lowest BCUT2D eigenvalue weighted by molar-refractivity contribution is 0.0982. The molecule has 1 heterocycles. The second-order valence-corrected chi connectivity index (χ2v) is 8.76. The Morgan fingerprint density at radius 1 is 1.24 bits per heavy atom. The van der Waals surface area contributed by atoms with Crippen LogP contribution in [0.1, 0.15) is 53.6 Å². The number of hydrogen-bond donors (Lipinski definition) is 1. The average molecular weight is 488 g/mol. The van der Waals surface area contributed by atoms with Crippen LogP contribution < -0.4 is 4.74 Å². The van der Waals surface area contributed by atoms with Crippen molar-refractivity contribution in [1.82, 2.24) is 4.98 Å². The summed E-state index contributed by atoms with van der Waals surface area (Å²) in [5.74, 6) is 1.90. The van der Waals surface area contributed by atoms with Crippen molar-refractivity contribution in [2.45, 2.75) is 39.0 Å². The molecule has 0 fully saturated rings. The van der Waals surface area contributed by atoms with Gasteiger partial charge in [-0.3, -0.25) is 4.79 Å². The Bertz CT molecular complexity index is 1140. The predicted octanol–water partition coefficient (Wildman–Crippen LogP) is 6.69. The molecule has 0 bridgehead atoms. The molecule has 1 aromatic heterocycles. The van der Waals surface area contributed by atoms with E-state index >= 15 is 0 Å². The Hall–Kier alpha value is -2.60. The number of aryl methyl sites for hydroxylation is 1. The molecule has 0 saturated heterocycles. The maximum absolute atomic E-state index is 12.9. The minimum Gasteiger partial charge on any atom is -0.491 e. The van der Waals surface area contributed by atoms with Gasteiger partial charge in [0.1, 0.15) is 18.1 Å². The van der Waals surface area contributed by atoms with Gasteiger partial charge in [-0.2, -0.15) is 0 Å². The van der Waals surface area contributed by atoms with Crippen LogP contribution in [0.3, 0.4) is 0 Å². The van der Waals surface area contributed by atoms with Gasteiger partial charge in [0.2, 0.25) is 5.89 Å². The molecule has 174 valence electrons. The number of hydrogen-bond acceptors (Lipinski definition) is 5. The van der Waals surface area contributed by atoms with Crippen molar-refractivity contribution in [2.75, 3.05) is 13.2 Å². The highest BCUT2D eigenvalue weighted by molar-refractivity contribution is 6.36. The second kappa shape index (κ2) is 11.5. The molecule has 0 aliphatic rings. The van der Waals surface area contributed by atoms with Crippen LogP contribution in [0, 0.1) is 0 Å². The largest absolute Gasteiger partial charge is 0.491 e. The first kappa shape index (κ1) is 25.0. The number of aliphatic hydroxyl groups is 1. The number of ether oxygens (including phenoxy) is 1. The van der Waals surface area contributed by atoms with Gasteiger partial charge in [0.15, 0.2) is 5.78 Å². The van der Waals surface area contributed by atoms with E-state index in [-0.39, 0.29) is 31.3 Å². The van der Waals surface area contributed by atoms with Crippen LogP contribution in [0.5, 0.6) is 5.75 Å². The quantitative estimate of drug-likeness (QED) is 0.241. The zero-order valence-electron chi connectivity index (χ0n) is 18.7. The van der Waals surface area contributed by atoms with Crippen LogP contribution in [0.2, 0.25) is 10.0 Å². The lowest BCUT2D eigenvalue weighted by atomic mass is 9.99. The monoisotopic (exact) mass is 487 g/mol. The number of oxazole rings is 1. The van der Waals surface area contributed by atoms with E-state index in [0.717, 1.165) is 17.0 Å². The molecule has 0 saturated carbocycles. The molecule has 7 heteroatoms. The number of benzene rings is 2. The first-order chi connectivity index (χ1) is 15.8. The molecule has 5 nitrogen and oxygen atoms in total. The summed E-state index contributed by atoms with van der Waals surface area (Å²) in [6.07, 6.45) is 3.04. The number of allylic oxidation sites excluding steroid dienone is 1. The van der Waals surface area contributed by atoms with Crippen LogP contribution in [0.4, 0.5) is 0 Å². The third kappa shape index (κ3) is 6.26. The van der Waals surface area contributed by atoms with Gasteiger partial charge in [-0.25, -0.2) is 4.98 Å². The first-order valence-electron chi connectivity index (χ1n) is 10.8. The smallest absolute Gasteiger partial charge is 0.228 e. The summed E-state index contributed by atoms with van der Waals surface area (Å²) in [5.41, 5.74) is 2.86. The van der Waals surface area contributed by atoms with Crippen LogP contribution in [-0.4, -0.2) is 29.1 Å². The lowest BCUT2D eigenvalue weighted by Crippen LogP contribution is -2.07. The van der Waals surface area contributed by atoms with Crippen LogP contribution in [0.15, 0.2) is 53.5 Å². The van der Waals surface area contributed by atoms with E-state index in [4.69, 9.17) is 37.5 Å². The summed E-state index contributed by atoms with van der Waals surface area (Å²) in [6.45, 7) is 7.93. The molecule has 0 atom stereocenters. The van der Waals surface area contributed by atoms with Crippen molar-refractivity contribution in [3.8, 4) is 17.2 Å². The Balaban J connectivity index is 1.80. The van der Waals surface area contributed by atoms with E-state index in [2.05, 4.69) is 11.6 Å². The topological polar surface area (TPSA) is 72.6 Å². The van der Waals surface area contributed by atoms with Gasteiger partial charge in [-0.05, 0) is 48.4 Å². The SMILES string of the molecule is C=CCc1cc(C(=O)CCc2nc(-c3ccc(Cl)cc3Cl)oc2C(C)C)ccc1OCCO. The number of nitrogens with zero attached hydrogens (tertiary/aromatic N) is 1.